The normalized spacial score (nSPS) is 12.5. The zero-order valence-electron chi connectivity index (χ0n) is 13.9. The van der Waals surface area contributed by atoms with Crippen molar-refractivity contribution in [3.8, 4) is 11.8 Å². The molecule has 0 fully saturated rings. The van der Waals surface area contributed by atoms with E-state index in [1.807, 2.05) is 0 Å². The van der Waals surface area contributed by atoms with Crippen LogP contribution in [0, 0.1) is 11.8 Å². The second-order valence-corrected chi connectivity index (χ2v) is 5.42. The van der Waals surface area contributed by atoms with E-state index in [0.29, 0.717) is 17.1 Å². The molecule has 8 heteroatoms. The van der Waals surface area contributed by atoms with Gasteiger partial charge in [0.2, 0.25) is 0 Å². The Morgan fingerprint density at radius 3 is 2.38 bits per heavy atom. The number of hydrogen-bond donors (Lipinski definition) is 5. The van der Waals surface area contributed by atoms with E-state index in [9.17, 15) is 14.7 Å². The summed E-state index contributed by atoms with van der Waals surface area (Å²) < 4.78 is 5.25. The molecule has 0 aliphatic rings. The summed E-state index contributed by atoms with van der Waals surface area (Å²) in [6, 6.07) is 8.23. The van der Waals surface area contributed by atoms with Crippen molar-refractivity contribution in [3.63, 3.8) is 0 Å². The van der Waals surface area contributed by atoms with Gasteiger partial charge in [0.1, 0.15) is 18.4 Å². The Morgan fingerprint density at radius 1 is 1.15 bits per heavy atom. The Hall–Kier alpha value is -3.12. The smallest absolute Gasteiger partial charge is 0.268 e. The minimum absolute atomic E-state index is 0.201. The topological polar surface area (TPSA) is 132 Å². The van der Waals surface area contributed by atoms with E-state index in [2.05, 4.69) is 17.2 Å². The Morgan fingerprint density at radius 2 is 1.85 bits per heavy atom. The molecule has 0 unspecified atom stereocenters. The molecule has 1 aromatic heterocycles. The number of aliphatic hydroxyl groups is 2. The third-order valence-corrected chi connectivity index (χ3v) is 3.46. The van der Waals surface area contributed by atoms with Crippen molar-refractivity contribution in [2.75, 3.05) is 0 Å². The van der Waals surface area contributed by atoms with Gasteiger partial charge in [0, 0.05) is 11.1 Å². The number of hydroxylamine groups is 1. The largest absolute Gasteiger partial charge is 0.450 e. The van der Waals surface area contributed by atoms with Crippen LogP contribution in [0.25, 0.3) is 0 Å². The fourth-order valence-electron chi connectivity index (χ4n) is 2.07. The van der Waals surface area contributed by atoms with E-state index >= 15 is 0 Å². The summed E-state index contributed by atoms with van der Waals surface area (Å²) >= 11 is 0. The van der Waals surface area contributed by atoms with Gasteiger partial charge in [-0.2, -0.15) is 0 Å². The molecule has 2 aromatic rings. The van der Waals surface area contributed by atoms with Crippen LogP contribution >= 0.6 is 0 Å². The highest BCUT2D eigenvalue weighted by atomic mass is 16.5. The summed E-state index contributed by atoms with van der Waals surface area (Å²) in [5, 5.41) is 29.4. The molecule has 0 aliphatic carbocycles. The standard InChI is InChI=1S/C18H18N2O6/c1-11(22)16(18(24)20-25)19-17(23)13-5-2-12(3-6-13)4-7-14-8-9-15(10-21)26-14/h2-3,5-6,8-9,11,16,21-22,25H,10H2,1H3,(H,19,23)(H,20,24)/t11-,16+/m0/s1. The molecule has 0 radical (unpaired) electrons. The predicted octanol–water partition coefficient (Wildman–Crippen LogP) is 0.156. The van der Waals surface area contributed by atoms with E-state index in [4.69, 9.17) is 14.7 Å². The second-order valence-electron chi connectivity index (χ2n) is 5.42. The average Bonchev–Trinajstić information content (AvgIpc) is 3.12. The Labute approximate surface area is 149 Å². The van der Waals surface area contributed by atoms with Crippen LogP contribution in [-0.2, 0) is 11.4 Å². The predicted molar refractivity (Wildman–Crippen MR) is 89.9 cm³/mol. The van der Waals surface area contributed by atoms with Crippen LogP contribution in [0.4, 0.5) is 0 Å². The van der Waals surface area contributed by atoms with Crippen LogP contribution < -0.4 is 10.8 Å². The van der Waals surface area contributed by atoms with Crippen molar-refractivity contribution in [2.45, 2.75) is 25.7 Å². The van der Waals surface area contributed by atoms with Crippen molar-refractivity contribution in [2.24, 2.45) is 0 Å². The van der Waals surface area contributed by atoms with E-state index in [-0.39, 0.29) is 12.2 Å². The third-order valence-electron chi connectivity index (χ3n) is 3.46. The molecule has 0 saturated carbocycles. The molecular weight excluding hydrogens is 340 g/mol. The molecule has 5 N–H and O–H groups in total. The van der Waals surface area contributed by atoms with Gasteiger partial charge in [-0.25, -0.2) is 5.48 Å². The Kier molecular flexibility index (Phi) is 6.52. The van der Waals surface area contributed by atoms with E-state index in [1.165, 1.54) is 24.5 Å². The highest BCUT2D eigenvalue weighted by Crippen LogP contribution is 2.08. The lowest BCUT2D eigenvalue weighted by atomic mass is 10.1. The zero-order chi connectivity index (χ0) is 19.1. The lowest BCUT2D eigenvalue weighted by molar-refractivity contribution is -0.133. The van der Waals surface area contributed by atoms with Crippen molar-refractivity contribution >= 4 is 11.8 Å². The summed E-state index contributed by atoms with van der Waals surface area (Å²) in [4.78, 5) is 23.6. The molecule has 0 aliphatic heterocycles. The first-order valence-electron chi connectivity index (χ1n) is 7.69. The van der Waals surface area contributed by atoms with Gasteiger partial charge in [0.25, 0.3) is 11.8 Å². The maximum absolute atomic E-state index is 12.1. The molecule has 8 nitrogen and oxygen atoms in total. The van der Waals surface area contributed by atoms with Gasteiger partial charge >= 0.3 is 0 Å². The molecule has 2 atom stereocenters. The molecule has 0 saturated heterocycles. The second kappa shape index (κ2) is 8.82. The minimum Gasteiger partial charge on any atom is -0.450 e. The highest BCUT2D eigenvalue weighted by Gasteiger charge is 2.25. The molecule has 2 rings (SSSR count). The fraction of sp³-hybridized carbons (Fsp3) is 0.222. The molecule has 136 valence electrons. The third kappa shape index (κ3) is 4.94. The summed E-state index contributed by atoms with van der Waals surface area (Å²) in [5.41, 5.74) is 2.28. The van der Waals surface area contributed by atoms with E-state index < -0.39 is 24.0 Å². The first-order valence-corrected chi connectivity index (χ1v) is 7.69. The summed E-state index contributed by atoms with van der Waals surface area (Å²) in [6.07, 6.45) is -1.19. The number of carbonyl (C=O) groups is 2. The van der Waals surface area contributed by atoms with Crippen LogP contribution in [0.3, 0.4) is 0 Å². The molecule has 1 heterocycles. The first-order chi connectivity index (χ1) is 12.4. The minimum atomic E-state index is -1.29. The molecule has 26 heavy (non-hydrogen) atoms. The number of aliphatic hydroxyl groups excluding tert-OH is 2. The summed E-state index contributed by atoms with van der Waals surface area (Å²) in [5.74, 6) is 4.97. The summed E-state index contributed by atoms with van der Waals surface area (Å²) in [7, 11) is 0. The lowest BCUT2D eigenvalue weighted by Gasteiger charge is -2.19. The highest BCUT2D eigenvalue weighted by molar-refractivity contribution is 5.97. The van der Waals surface area contributed by atoms with E-state index in [1.54, 1.807) is 24.3 Å². The van der Waals surface area contributed by atoms with Gasteiger partial charge in [-0.3, -0.25) is 14.8 Å². The number of amides is 2. The number of rotatable bonds is 5. The Bertz CT molecular complexity index is 829. The van der Waals surface area contributed by atoms with Crippen LogP contribution in [0.15, 0.2) is 40.8 Å². The van der Waals surface area contributed by atoms with Crippen molar-refractivity contribution in [1.29, 1.82) is 0 Å². The maximum atomic E-state index is 12.1. The van der Waals surface area contributed by atoms with Gasteiger partial charge in [0.05, 0.1) is 6.10 Å². The lowest BCUT2D eigenvalue weighted by Crippen LogP contribution is -2.51. The fourth-order valence-corrected chi connectivity index (χ4v) is 2.07. The monoisotopic (exact) mass is 358 g/mol. The quantitative estimate of drug-likeness (QED) is 0.294. The van der Waals surface area contributed by atoms with Crippen molar-refractivity contribution in [3.05, 3.63) is 59.0 Å². The van der Waals surface area contributed by atoms with Gasteiger partial charge in [0.15, 0.2) is 5.76 Å². The van der Waals surface area contributed by atoms with Crippen LogP contribution in [0.5, 0.6) is 0 Å². The van der Waals surface area contributed by atoms with Crippen LogP contribution in [-0.4, -0.2) is 39.4 Å². The Balaban J connectivity index is 2.06. The van der Waals surface area contributed by atoms with Crippen LogP contribution in [0.2, 0.25) is 0 Å². The van der Waals surface area contributed by atoms with Gasteiger partial charge in [-0.05, 0) is 49.2 Å². The zero-order valence-corrected chi connectivity index (χ0v) is 13.9. The average molecular weight is 358 g/mol. The number of hydrogen-bond acceptors (Lipinski definition) is 6. The summed E-state index contributed by atoms with van der Waals surface area (Å²) in [6.45, 7) is 1.11. The van der Waals surface area contributed by atoms with E-state index in [0.717, 1.165) is 0 Å². The maximum Gasteiger partial charge on any atom is 0.268 e. The van der Waals surface area contributed by atoms with Gasteiger partial charge in [-0.15, -0.1) is 0 Å². The molecule has 1 aromatic carbocycles. The molecule has 2 amide bonds. The van der Waals surface area contributed by atoms with Crippen LogP contribution in [0.1, 0.15) is 34.4 Å². The number of benzene rings is 1. The molecule has 0 bridgehead atoms. The molecule has 0 spiro atoms. The van der Waals surface area contributed by atoms with Crippen molar-refractivity contribution in [1.82, 2.24) is 10.8 Å². The number of furan rings is 1. The first kappa shape index (κ1) is 19.2. The van der Waals surface area contributed by atoms with Gasteiger partial charge in [-0.1, -0.05) is 5.92 Å². The SMILES string of the molecule is C[C@H](O)[C@@H](NC(=O)c1ccc(C#Cc2ccc(CO)o2)cc1)C(=O)NO. The number of nitrogens with one attached hydrogen (secondary N) is 2. The van der Waals surface area contributed by atoms with Gasteiger partial charge < -0.3 is 19.9 Å². The van der Waals surface area contributed by atoms with Crippen molar-refractivity contribution < 1.29 is 29.4 Å². The molecular formula is C18H18N2O6. The number of carbonyl (C=O) groups excluding carboxylic acids is 2.